The van der Waals surface area contributed by atoms with Crippen molar-refractivity contribution in [1.29, 1.82) is 5.26 Å². The number of halogens is 1. The minimum Gasteiger partial charge on any atom is -0.347 e. The summed E-state index contributed by atoms with van der Waals surface area (Å²) < 4.78 is 44.6. The van der Waals surface area contributed by atoms with E-state index in [2.05, 4.69) is 10.4 Å². The van der Waals surface area contributed by atoms with Crippen molar-refractivity contribution in [2.24, 2.45) is 12.8 Å². The average molecular weight is 561 g/mol. The predicted octanol–water partition coefficient (Wildman–Crippen LogP) is 1.22. The molecule has 1 aromatic heterocycles. The fraction of sp³-hybridized carbons (Fsp3) is 0.538. The maximum Gasteiger partial charge on any atom is 0.272 e. The van der Waals surface area contributed by atoms with Crippen LogP contribution in [0.4, 0.5) is 4.39 Å². The number of alkyl halides is 1. The fourth-order valence-electron chi connectivity index (χ4n) is 4.89. The molecular formula is C26H33FN6O5S. The zero-order valence-corrected chi connectivity index (χ0v) is 23.1. The van der Waals surface area contributed by atoms with E-state index in [4.69, 9.17) is 15.7 Å². The van der Waals surface area contributed by atoms with Gasteiger partial charge < -0.3 is 20.7 Å². The summed E-state index contributed by atoms with van der Waals surface area (Å²) in [5.74, 6) is -0.816. The fourth-order valence-corrected chi connectivity index (χ4v) is 7.25. The average Bonchev–Trinajstić information content (AvgIpc) is 3.63. The highest BCUT2D eigenvalue weighted by molar-refractivity contribution is 7.94. The number of aryl methyl sites for hydroxylation is 1. The van der Waals surface area contributed by atoms with E-state index < -0.39 is 31.6 Å². The van der Waals surface area contributed by atoms with Crippen LogP contribution in [0, 0.1) is 11.3 Å². The summed E-state index contributed by atoms with van der Waals surface area (Å²) >= 11 is 0. The number of nitrogens with two attached hydrogens (primary N) is 1. The smallest absolute Gasteiger partial charge is 0.272 e. The highest BCUT2D eigenvalue weighted by atomic mass is 32.2. The highest BCUT2D eigenvalue weighted by Gasteiger charge is 2.61. The van der Waals surface area contributed by atoms with E-state index in [9.17, 15) is 22.4 Å². The van der Waals surface area contributed by atoms with Crippen LogP contribution in [0.5, 0.6) is 0 Å². The van der Waals surface area contributed by atoms with Crippen LogP contribution in [0.2, 0.25) is 0 Å². The molecule has 1 aliphatic heterocycles. The lowest BCUT2D eigenvalue weighted by Crippen LogP contribution is -2.52. The van der Waals surface area contributed by atoms with Gasteiger partial charge in [0.1, 0.15) is 5.69 Å². The molecule has 1 unspecified atom stereocenters. The molecule has 0 saturated heterocycles. The third-order valence-corrected chi connectivity index (χ3v) is 10.6. The molecule has 4 rings (SSSR count). The molecule has 13 heteroatoms. The lowest BCUT2D eigenvalue weighted by molar-refractivity contribution is -0.0386. The summed E-state index contributed by atoms with van der Waals surface area (Å²) in [5.41, 5.74) is 7.49. The molecule has 2 aromatic rings. The molecule has 2 amide bonds. The van der Waals surface area contributed by atoms with Crippen molar-refractivity contribution in [2.45, 2.75) is 55.5 Å². The van der Waals surface area contributed by atoms with E-state index in [1.165, 1.54) is 23.4 Å². The Hall–Kier alpha value is -3.34. The highest BCUT2D eigenvalue weighted by Crippen LogP contribution is 2.49. The Balaban J connectivity index is 1.46. The van der Waals surface area contributed by atoms with Gasteiger partial charge >= 0.3 is 0 Å². The van der Waals surface area contributed by atoms with Crippen molar-refractivity contribution >= 4 is 21.7 Å². The quantitative estimate of drug-likeness (QED) is 0.415. The number of rotatable bonds is 11. The second-order valence-electron chi connectivity index (χ2n) is 10.7. The van der Waals surface area contributed by atoms with Gasteiger partial charge in [-0.1, -0.05) is 12.1 Å². The number of aromatic nitrogens is 2. The van der Waals surface area contributed by atoms with Crippen LogP contribution in [-0.2, 0) is 34.6 Å². The van der Waals surface area contributed by atoms with Crippen LogP contribution < -0.4 is 11.1 Å². The summed E-state index contributed by atoms with van der Waals surface area (Å²) in [6.07, 6.45) is -0.631. The van der Waals surface area contributed by atoms with Gasteiger partial charge in [0.25, 0.3) is 11.8 Å². The van der Waals surface area contributed by atoms with Gasteiger partial charge in [-0.25, -0.2) is 12.8 Å². The van der Waals surface area contributed by atoms with Crippen LogP contribution >= 0.6 is 0 Å². The zero-order chi connectivity index (χ0) is 28.6. The van der Waals surface area contributed by atoms with E-state index in [0.29, 0.717) is 30.4 Å². The lowest BCUT2D eigenvalue weighted by Gasteiger charge is -2.35. The summed E-state index contributed by atoms with van der Waals surface area (Å²) in [6, 6.07) is 8.86. The molecule has 0 bridgehead atoms. The van der Waals surface area contributed by atoms with Crippen LogP contribution in [0.3, 0.4) is 0 Å². The first-order valence-corrected chi connectivity index (χ1v) is 14.2. The molecule has 0 radical (unpaired) electrons. The van der Waals surface area contributed by atoms with Gasteiger partial charge in [0.2, 0.25) is 6.36 Å². The van der Waals surface area contributed by atoms with E-state index in [1.807, 2.05) is 6.07 Å². The summed E-state index contributed by atoms with van der Waals surface area (Å²) in [5, 5.41) is 16.0. The molecule has 3 N–H and O–H groups in total. The first-order valence-electron chi connectivity index (χ1n) is 12.7. The molecule has 2 aliphatic rings. The largest absolute Gasteiger partial charge is 0.347 e. The number of hydrogen-bond acceptors (Lipinski definition) is 8. The molecule has 210 valence electrons. The van der Waals surface area contributed by atoms with E-state index in [-0.39, 0.29) is 50.1 Å². The Labute approximate surface area is 227 Å². The predicted molar refractivity (Wildman–Crippen MR) is 140 cm³/mol. The number of hydrogen-bond donors (Lipinski definition) is 2. The van der Waals surface area contributed by atoms with Crippen LogP contribution in [0.1, 0.15) is 64.4 Å². The van der Waals surface area contributed by atoms with E-state index in [0.717, 1.165) is 5.56 Å². The molecule has 1 fully saturated rings. The van der Waals surface area contributed by atoms with Gasteiger partial charge in [-0.3, -0.25) is 14.3 Å². The van der Waals surface area contributed by atoms with Crippen molar-refractivity contribution in [3.8, 4) is 6.07 Å². The Kier molecular flexibility index (Phi) is 7.84. The monoisotopic (exact) mass is 560 g/mol. The van der Waals surface area contributed by atoms with Crippen LogP contribution in [0.25, 0.3) is 0 Å². The third kappa shape index (κ3) is 5.41. The number of carbonyl (C=O) groups is 2. The minimum absolute atomic E-state index is 0.00161. The number of nitrogens with zero attached hydrogens (tertiary/aromatic N) is 4. The minimum atomic E-state index is -3.82. The van der Waals surface area contributed by atoms with Gasteiger partial charge in [0.05, 0.1) is 27.7 Å². The molecule has 2 heterocycles. The number of fused-ring (bicyclic) bond motifs is 1. The van der Waals surface area contributed by atoms with Crippen molar-refractivity contribution in [1.82, 2.24) is 20.0 Å². The standard InChI is InChI=1S/C26H33FN6O5S/c1-25(2,16-38-20(27)13-29)39(36,37)26(9-10-26)15-33-11-8-19-21(31-32(3)22(19)24(33)35)23(34)30-14-18-6-4-17(12-28)5-7-18/h4-7,20H,8-11,13-16,29H2,1-3H3,(H,30,34). The molecule has 1 aromatic carbocycles. The number of nitrogens with one attached hydrogen (secondary N) is 1. The lowest BCUT2D eigenvalue weighted by atomic mass is 10.0. The first kappa shape index (κ1) is 28.7. The second kappa shape index (κ2) is 10.7. The van der Waals surface area contributed by atoms with E-state index >= 15 is 0 Å². The summed E-state index contributed by atoms with van der Waals surface area (Å²) in [6.45, 7) is 2.73. The van der Waals surface area contributed by atoms with E-state index in [1.54, 1.807) is 31.3 Å². The molecule has 1 saturated carbocycles. The molecule has 11 nitrogen and oxygen atoms in total. The Morgan fingerprint density at radius 1 is 1.33 bits per heavy atom. The Morgan fingerprint density at radius 2 is 2.00 bits per heavy atom. The van der Waals surface area contributed by atoms with Crippen molar-refractivity contribution in [2.75, 3.05) is 26.2 Å². The Morgan fingerprint density at radius 3 is 2.59 bits per heavy atom. The van der Waals surface area contributed by atoms with Crippen LogP contribution in [0.15, 0.2) is 24.3 Å². The van der Waals surface area contributed by atoms with Gasteiger partial charge in [0, 0.05) is 38.8 Å². The van der Waals surface area contributed by atoms with Crippen molar-refractivity contribution < 1.29 is 27.1 Å². The zero-order valence-electron chi connectivity index (χ0n) is 22.2. The first-order chi connectivity index (χ1) is 18.4. The maximum atomic E-state index is 13.6. The number of benzene rings is 1. The third-order valence-electron chi connectivity index (χ3n) is 7.40. The number of nitriles is 1. The molecule has 1 atom stereocenters. The van der Waals surface area contributed by atoms with Crippen LogP contribution in [-0.4, -0.2) is 77.0 Å². The van der Waals surface area contributed by atoms with Gasteiger partial charge in [-0.05, 0) is 50.8 Å². The van der Waals surface area contributed by atoms with Gasteiger partial charge in [-0.15, -0.1) is 0 Å². The van der Waals surface area contributed by atoms with Crippen molar-refractivity contribution in [3.63, 3.8) is 0 Å². The Bertz CT molecular complexity index is 1410. The van der Waals surface area contributed by atoms with Gasteiger partial charge in [0.15, 0.2) is 15.5 Å². The summed E-state index contributed by atoms with van der Waals surface area (Å²) in [7, 11) is -2.24. The number of ether oxygens (including phenoxy) is 1. The molecule has 1 aliphatic carbocycles. The molecular weight excluding hydrogens is 527 g/mol. The number of sulfone groups is 1. The van der Waals surface area contributed by atoms with Gasteiger partial charge in [-0.2, -0.15) is 10.4 Å². The molecule has 0 spiro atoms. The second-order valence-corrected chi connectivity index (χ2v) is 13.6. The normalized spacial score (nSPS) is 17.3. The maximum absolute atomic E-state index is 13.6. The number of amides is 2. The topological polar surface area (TPSA) is 160 Å². The number of carbonyl (C=O) groups excluding carboxylic acids is 2. The summed E-state index contributed by atoms with van der Waals surface area (Å²) in [4.78, 5) is 27.9. The molecule has 39 heavy (non-hydrogen) atoms. The SMILES string of the molecule is Cn1nc(C(=O)NCc2ccc(C#N)cc2)c2c1C(=O)N(CC1(S(=O)(=O)C(C)(C)COC(F)CN)CC1)CC2. The van der Waals surface area contributed by atoms with Crippen molar-refractivity contribution in [3.05, 3.63) is 52.3 Å².